The van der Waals surface area contributed by atoms with Crippen LogP contribution >= 0.6 is 11.6 Å². The maximum Gasteiger partial charge on any atom is 0.253 e. The number of aromatic nitrogens is 1. The van der Waals surface area contributed by atoms with Gasteiger partial charge in [-0.3, -0.25) is 4.79 Å². The molecule has 1 aromatic carbocycles. The van der Waals surface area contributed by atoms with Crippen molar-refractivity contribution in [2.24, 2.45) is 0 Å². The van der Waals surface area contributed by atoms with Crippen molar-refractivity contribution in [2.75, 3.05) is 26.4 Å². The second kappa shape index (κ2) is 8.69. The Labute approximate surface area is 151 Å². The van der Waals surface area contributed by atoms with E-state index < -0.39 is 0 Å². The van der Waals surface area contributed by atoms with Gasteiger partial charge in [-0.25, -0.2) is 4.98 Å². The van der Waals surface area contributed by atoms with E-state index >= 15 is 0 Å². The standard InChI is InChI=1S/C18H19ClN2O4/c19-16-10-13(11-21-18(16)25-15-6-8-23-12-15)17(22)20-7-9-24-14-4-2-1-3-5-14/h1-5,10-11,15H,6-9,12H2,(H,20,22). The van der Waals surface area contributed by atoms with Gasteiger partial charge in [0.25, 0.3) is 5.91 Å². The Morgan fingerprint density at radius 3 is 2.92 bits per heavy atom. The summed E-state index contributed by atoms with van der Waals surface area (Å²) in [5.74, 6) is 0.821. The molecule has 132 valence electrons. The number of amides is 1. The van der Waals surface area contributed by atoms with Crippen molar-refractivity contribution >= 4 is 17.5 Å². The van der Waals surface area contributed by atoms with Crippen LogP contribution < -0.4 is 14.8 Å². The molecule has 1 N–H and O–H groups in total. The van der Waals surface area contributed by atoms with Gasteiger partial charge in [-0.15, -0.1) is 0 Å². The highest BCUT2D eigenvalue weighted by atomic mass is 35.5. The van der Waals surface area contributed by atoms with Gasteiger partial charge in [-0.1, -0.05) is 29.8 Å². The zero-order valence-electron chi connectivity index (χ0n) is 13.6. The second-order valence-corrected chi connectivity index (χ2v) is 5.94. The molecule has 1 amide bonds. The Hall–Kier alpha value is -2.31. The lowest BCUT2D eigenvalue weighted by molar-refractivity contribution is 0.0946. The van der Waals surface area contributed by atoms with E-state index in [2.05, 4.69) is 10.3 Å². The molecule has 25 heavy (non-hydrogen) atoms. The Kier molecular flexibility index (Phi) is 6.09. The number of ether oxygens (including phenoxy) is 3. The van der Waals surface area contributed by atoms with Gasteiger partial charge in [-0.05, 0) is 18.2 Å². The van der Waals surface area contributed by atoms with Crippen molar-refractivity contribution in [2.45, 2.75) is 12.5 Å². The molecule has 0 spiro atoms. The fourth-order valence-corrected chi connectivity index (χ4v) is 2.56. The molecule has 7 heteroatoms. The Morgan fingerprint density at radius 2 is 2.20 bits per heavy atom. The number of hydrogen-bond donors (Lipinski definition) is 1. The molecule has 1 atom stereocenters. The van der Waals surface area contributed by atoms with Crippen molar-refractivity contribution in [3.05, 3.63) is 53.2 Å². The minimum absolute atomic E-state index is 0.0418. The van der Waals surface area contributed by atoms with E-state index in [0.29, 0.717) is 42.8 Å². The number of carbonyl (C=O) groups excluding carboxylic acids is 1. The lowest BCUT2D eigenvalue weighted by Crippen LogP contribution is -2.28. The molecule has 1 unspecified atom stereocenters. The molecule has 3 rings (SSSR count). The molecule has 0 radical (unpaired) electrons. The molecule has 6 nitrogen and oxygen atoms in total. The minimum Gasteiger partial charge on any atom is -0.492 e. The molecule has 2 heterocycles. The molecule has 0 bridgehead atoms. The first-order chi connectivity index (χ1) is 12.2. The average molecular weight is 363 g/mol. The summed E-state index contributed by atoms with van der Waals surface area (Å²) in [4.78, 5) is 16.3. The largest absolute Gasteiger partial charge is 0.492 e. The van der Waals surface area contributed by atoms with Crippen LogP contribution in [0.15, 0.2) is 42.6 Å². The number of rotatable bonds is 7. The van der Waals surface area contributed by atoms with Crippen LogP contribution in [0, 0.1) is 0 Å². The van der Waals surface area contributed by atoms with Gasteiger partial charge in [0.2, 0.25) is 5.88 Å². The predicted octanol–water partition coefficient (Wildman–Crippen LogP) is 2.71. The van der Waals surface area contributed by atoms with Gasteiger partial charge in [-0.2, -0.15) is 0 Å². The fourth-order valence-electron chi connectivity index (χ4n) is 2.35. The van der Waals surface area contributed by atoms with Crippen LogP contribution in [0.1, 0.15) is 16.8 Å². The maximum atomic E-state index is 12.1. The van der Waals surface area contributed by atoms with Gasteiger partial charge in [0.05, 0.1) is 25.3 Å². The van der Waals surface area contributed by atoms with Crippen LogP contribution in [-0.4, -0.2) is 43.4 Å². The number of nitrogens with zero attached hydrogens (tertiary/aromatic N) is 1. The molecule has 2 aromatic rings. The summed E-state index contributed by atoms with van der Waals surface area (Å²) < 4.78 is 16.4. The highest BCUT2D eigenvalue weighted by Gasteiger charge is 2.19. The van der Waals surface area contributed by atoms with Crippen molar-refractivity contribution in [1.82, 2.24) is 10.3 Å². The molecule has 1 saturated heterocycles. The molecular weight excluding hydrogens is 344 g/mol. The van der Waals surface area contributed by atoms with Crippen LogP contribution in [0.3, 0.4) is 0 Å². The normalized spacial score (nSPS) is 16.4. The van der Waals surface area contributed by atoms with Crippen molar-refractivity contribution in [1.29, 1.82) is 0 Å². The number of hydrogen-bond acceptors (Lipinski definition) is 5. The van der Waals surface area contributed by atoms with Crippen molar-refractivity contribution < 1.29 is 19.0 Å². The van der Waals surface area contributed by atoms with E-state index in [-0.39, 0.29) is 12.0 Å². The summed E-state index contributed by atoms with van der Waals surface area (Å²) in [6.07, 6.45) is 2.21. The molecule has 1 fully saturated rings. The Morgan fingerprint density at radius 1 is 1.36 bits per heavy atom. The summed E-state index contributed by atoms with van der Waals surface area (Å²) >= 11 is 6.16. The molecule has 0 saturated carbocycles. The first-order valence-electron chi connectivity index (χ1n) is 8.08. The summed E-state index contributed by atoms with van der Waals surface area (Å²) in [5, 5.41) is 3.07. The second-order valence-electron chi connectivity index (χ2n) is 5.53. The van der Waals surface area contributed by atoms with Gasteiger partial charge >= 0.3 is 0 Å². The number of benzene rings is 1. The summed E-state index contributed by atoms with van der Waals surface area (Å²) in [6.45, 7) is 1.96. The third-order valence-corrected chi connectivity index (χ3v) is 3.91. The van der Waals surface area contributed by atoms with Gasteiger partial charge in [0, 0.05) is 12.6 Å². The number of carbonyl (C=O) groups is 1. The number of pyridine rings is 1. The third-order valence-electron chi connectivity index (χ3n) is 3.64. The lowest BCUT2D eigenvalue weighted by atomic mass is 10.2. The van der Waals surface area contributed by atoms with Crippen LogP contribution in [0.2, 0.25) is 5.02 Å². The highest BCUT2D eigenvalue weighted by Crippen LogP contribution is 2.25. The number of halogens is 1. The molecular formula is C18H19ClN2O4. The first-order valence-corrected chi connectivity index (χ1v) is 8.46. The highest BCUT2D eigenvalue weighted by molar-refractivity contribution is 6.32. The topological polar surface area (TPSA) is 69.7 Å². The number of nitrogens with one attached hydrogen (secondary N) is 1. The lowest BCUT2D eigenvalue weighted by Gasteiger charge is -2.12. The summed E-state index contributed by atoms with van der Waals surface area (Å²) in [5.41, 5.74) is 0.375. The molecule has 0 aliphatic carbocycles. The summed E-state index contributed by atoms with van der Waals surface area (Å²) in [7, 11) is 0. The van der Waals surface area contributed by atoms with Crippen molar-refractivity contribution in [3.8, 4) is 11.6 Å². The predicted molar refractivity (Wildman–Crippen MR) is 93.4 cm³/mol. The van der Waals surface area contributed by atoms with E-state index in [0.717, 1.165) is 12.2 Å². The molecule has 1 aromatic heterocycles. The van der Waals surface area contributed by atoms with E-state index in [1.54, 1.807) is 6.07 Å². The zero-order valence-corrected chi connectivity index (χ0v) is 14.4. The van der Waals surface area contributed by atoms with E-state index in [4.69, 9.17) is 25.8 Å². The Balaban J connectivity index is 1.47. The first kappa shape index (κ1) is 17.5. The molecule has 1 aliphatic rings. The maximum absolute atomic E-state index is 12.1. The van der Waals surface area contributed by atoms with Crippen LogP contribution in [-0.2, 0) is 4.74 Å². The van der Waals surface area contributed by atoms with Crippen LogP contribution in [0.5, 0.6) is 11.6 Å². The quantitative estimate of drug-likeness (QED) is 0.767. The molecule has 1 aliphatic heterocycles. The van der Waals surface area contributed by atoms with E-state index in [1.807, 2.05) is 30.3 Å². The van der Waals surface area contributed by atoms with Gasteiger partial charge in [0.15, 0.2) is 0 Å². The van der Waals surface area contributed by atoms with E-state index in [1.165, 1.54) is 6.20 Å². The zero-order chi connectivity index (χ0) is 17.5. The smallest absolute Gasteiger partial charge is 0.253 e. The monoisotopic (exact) mass is 362 g/mol. The van der Waals surface area contributed by atoms with Crippen LogP contribution in [0.25, 0.3) is 0 Å². The van der Waals surface area contributed by atoms with Gasteiger partial charge in [0.1, 0.15) is 23.5 Å². The van der Waals surface area contributed by atoms with Gasteiger partial charge < -0.3 is 19.5 Å². The SMILES string of the molecule is O=C(NCCOc1ccccc1)c1cnc(OC2CCOC2)c(Cl)c1. The third kappa shape index (κ3) is 5.08. The fraction of sp³-hybridized carbons (Fsp3) is 0.333. The van der Waals surface area contributed by atoms with Crippen LogP contribution in [0.4, 0.5) is 0 Å². The minimum atomic E-state index is -0.262. The number of para-hydroxylation sites is 1. The average Bonchev–Trinajstić information content (AvgIpc) is 3.14. The van der Waals surface area contributed by atoms with Crippen molar-refractivity contribution in [3.63, 3.8) is 0 Å². The Bertz CT molecular complexity index is 705. The van der Waals surface area contributed by atoms with E-state index in [9.17, 15) is 4.79 Å². The summed E-state index contributed by atoms with van der Waals surface area (Å²) in [6, 6.07) is 11.0.